The second kappa shape index (κ2) is 7.50. The minimum Gasteiger partial charge on any atom is -0.330 e. The Kier molecular flexibility index (Phi) is 4.79. The van der Waals surface area contributed by atoms with Crippen LogP contribution in [0.4, 0.5) is 0 Å². The van der Waals surface area contributed by atoms with Gasteiger partial charge in [-0.25, -0.2) is 4.98 Å². The van der Waals surface area contributed by atoms with Gasteiger partial charge in [0.05, 0.1) is 16.6 Å². The number of carbonyl (C=O) groups is 1. The molecule has 0 unspecified atom stereocenters. The predicted octanol–water partition coefficient (Wildman–Crippen LogP) is 3.66. The van der Waals surface area contributed by atoms with E-state index in [1.807, 2.05) is 6.92 Å². The lowest BCUT2D eigenvalue weighted by atomic mass is 9.65. The molecular weight excluding hydrogens is 432 g/mol. The van der Waals surface area contributed by atoms with Crippen LogP contribution < -0.4 is 10.9 Å². The molecular formula is C26H30N4O2S. The van der Waals surface area contributed by atoms with Crippen molar-refractivity contribution in [1.29, 1.82) is 0 Å². The van der Waals surface area contributed by atoms with Crippen LogP contribution >= 0.6 is 11.3 Å². The van der Waals surface area contributed by atoms with Crippen molar-refractivity contribution in [1.82, 2.24) is 19.8 Å². The number of aromatic nitrogens is 2. The van der Waals surface area contributed by atoms with E-state index in [0.29, 0.717) is 21.1 Å². The highest BCUT2D eigenvalue weighted by molar-refractivity contribution is 7.20. The molecule has 3 aromatic rings. The summed E-state index contributed by atoms with van der Waals surface area (Å²) in [6.45, 7) is 4.28. The fourth-order valence-electron chi connectivity index (χ4n) is 6.79. The molecule has 0 radical (unpaired) electrons. The first kappa shape index (κ1) is 21.1. The van der Waals surface area contributed by atoms with Crippen molar-refractivity contribution in [3.63, 3.8) is 0 Å². The molecule has 3 aliphatic rings. The van der Waals surface area contributed by atoms with E-state index < -0.39 is 0 Å². The molecule has 1 saturated carbocycles. The number of aryl methyl sites for hydroxylation is 2. The second-order valence-electron chi connectivity index (χ2n) is 10.3. The summed E-state index contributed by atoms with van der Waals surface area (Å²) in [6, 6.07) is 11.7. The van der Waals surface area contributed by atoms with Crippen LogP contribution in [-0.4, -0.2) is 44.5 Å². The predicted molar refractivity (Wildman–Crippen MR) is 131 cm³/mol. The molecule has 0 spiro atoms. The van der Waals surface area contributed by atoms with E-state index in [9.17, 15) is 9.59 Å². The molecule has 6 nitrogen and oxygen atoms in total. The van der Waals surface area contributed by atoms with Crippen molar-refractivity contribution in [3.8, 4) is 0 Å². The minimum atomic E-state index is -0.0822. The van der Waals surface area contributed by atoms with E-state index in [4.69, 9.17) is 0 Å². The highest BCUT2D eigenvalue weighted by Crippen LogP contribution is 2.54. The molecule has 2 aromatic heterocycles. The molecule has 5 atom stereocenters. The van der Waals surface area contributed by atoms with Crippen molar-refractivity contribution in [2.45, 2.75) is 70.1 Å². The third-order valence-electron chi connectivity index (χ3n) is 8.49. The number of carbonyl (C=O) groups excluding carboxylic acids is 1. The zero-order valence-electron chi connectivity index (χ0n) is 19.4. The number of rotatable bonds is 3. The smallest absolute Gasteiger partial charge is 0.264 e. The first-order valence-electron chi connectivity index (χ1n) is 12.0. The Morgan fingerprint density at radius 2 is 2.06 bits per heavy atom. The van der Waals surface area contributed by atoms with Gasteiger partial charge in [0.2, 0.25) is 0 Å². The van der Waals surface area contributed by atoms with Crippen molar-refractivity contribution < 1.29 is 4.79 Å². The van der Waals surface area contributed by atoms with E-state index in [-0.39, 0.29) is 35.0 Å². The maximum absolute atomic E-state index is 14.2. The van der Waals surface area contributed by atoms with Crippen LogP contribution in [-0.2, 0) is 13.5 Å². The molecule has 4 heterocycles. The topological polar surface area (TPSA) is 67.2 Å². The summed E-state index contributed by atoms with van der Waals surface area (Å²) >= 11 is 1.38. The SMILES string of the molecule is Cc1c(C(=O)N2[C@H]3CCC[C@H]4N[C@H](Cc5ccccc5)[C@@H]2C[C@@]34C)sc2ncn(C)c(=O)c12. The van der Waals surface area contributed by atoms with Gasteiger partial charge in [0, 0.05) is 36.6 Å². The van der Waals surface area contributed by atoms with Crippen LogP contribution in [0.15, 0.2) is 41.5 Å². The monoisotopic (exact) mass is 462 g/mol. The van der Waals surface area contributed by atoms with Crippen LogP contribution in [0.25, 0.3) is 10.2 Å². The largest absolute Gasteiger partial charge is 0.330 e. The zero-order valence-corrected chi connectivity index (χ0v) is 20.2. The molecule has 3 fully saturated rings. The highest BCUT2D eigenvalue weighted by atomic mass is 32.1. The molecule has 1 aromatic carbocycles. The average molecular weight is 463 g/mol. The Morgan fingerprint density at radius 1 is 1.27 bits per heavy atom. The summed E-state index contributed by atoms with van der Waals surface area (Å²) in [7, 11) is 1.71. The Hall–Kier alpha value is -2.51. The quantitative estimate of drug-likeness (QED) is 0.645. The number of nitrogens with zero attached hydrogens (tertiary/aromatic N) is 3. The summed E-state index contributed by atoms with van der Waals surface area (Å²) in [4.78, 5) is 34.9. The van der Waals surface area contributed by atoms with E-state index in [1.165, 1.54) is 27.9 Å². The van der Waals surface area contributed by atoms with Crippen LogP contribution in [0.5, 0.6) is 0 Å². The van der Waals surface area contributed by atoms with Crippen LogP contribution in [0.1, 0.15) is 53.4 Å². The van der Waals surface area contributed by atoms with Gasteiger partial charge < -0.3 is 14.8 Å². The average Bonchev–Trinajstić information content (AvgIpc) is 3.31. The van der Waals surface area contributed by atoms with E-state index >= 15 is 0 Å². The summed E-state index contributed by atoms with van der Waals surface area (Å²) in [5, 5.41) is 4.56. The van der Waals surface area contributed by atoms with Gasteiger partial charge >= 0.3 is 0 Å². The van der Waals surface area contributed by atoms with E-state index in [2.05, 4.69) is 52.5 Å². The molecule has 172 valence electrons. The molecule has 6 rings (SSSR count). The Morgan fingerprint density at radius 3 is 2.85 bits per heavy atom. The van der Waals surface area contributed by atoms with Gasteiger partial charge in [0.1, 0.15) is 4.83 Å². The number of piperidine rings is 1. The first-order valence-corrected chi connectivity index (χ1v) is 12.8. The third kappa shape index (κ3) is 3.05. The number of fused-ring (bicyclic) bond motifs is 2. The van der Waals surface area contributed by atoms with Crippen LogP contribution in [0.3, 0.4) is 0 Å². The van der Waals surface area contributed by atoms with Crippen molar-refractivity contribution in [2.24, 2.45) is 12.5 Å². The Labute approximate surface area is 197 Å². The van der Waals surface area contributed by atoms with Crippen LogP contribution in [0.2, 0.25) is 0 Å². The minimum absolute atomic E-state index is 0.0821. The number of nitrogens with one attached hydrogen (secondary N) is 1. The summed E-state index contributed by atoms with van der Waals surface area (Å²) < 4.78 is 1.49. The fraction of sp³-hybridized carbons (Fsp3) is 0.500. The van der Waals surface area contributed by atoms with Crippen LogP contribution in [0, 0.1) is 12.3 Å². The standard InChI is InChI=1S/C26H30N4O2S/c1-15-21-23(27-14-29(3)24(21)31)33-22(15)25(32)30-18-13-26(2)19(10-7-11-20(26)30)28-17(18)12-16-8-5-4-6-9-16/h4-6,8-9,14,17-20,28H,7,10-13H2,1-3H3/t17-,18+,19-,20+,26-/m1/s1. The fourth-order valence-corrected chi connectivity index (χ4v) is 7.87. The normalized spacial score (nSPS) is 30.7. The Bertz CT molecular complexity index is 1300. The maximum Gasteiger partial charge on any atom is 0.264 e. The number of thiophene rings is 1. The second-order valence-corrected chi connectivity index (χ2v) is 11.3. The molecule has 1 amide bonds. The Balaban J connectivity index is 1.42. The lowest BCUT2D eigenvalue weighted by Gasteiger charge is -2.46. The summed E-state index contributed by atoms with van der Waals surface area (Å²) in [6.07, 6.45) is 6.88. The zero-order chi connectivity index (χ0) is 22.9. The number of amides is 1. The van der Waals surface area contributed by atoms with Gasteiger partial charge in [0.25, 0.3) is 11.5 Å². The van der Waals surface area contributed by atoms with Crippen molar-refractivity contribution in [2.75, 3.05) is 0 Å². The van der Waals surface area contributed by atoms with Gasteiger partial charge in [-0.2, -0.15) is 0 Å². The highest BCUT2D eigenvalue weighted by Gasteiger charge is 2.61. The summed E-state index contributed by atoms with van der Waals surface area (Å²) in [5.74, 6) is 0.0821. The third-order valence-corrected chi connectivity index (χ3v) is 9.68. The molecule has 2 saturated heterocycles. The number of benzene rings is 1. The maximum atomic E-state index is 14.2. The molecule has 1 aliphatic carbocycles. The number of hydrogen-bond acceptors (Lipinski definition) is 5. The van der Waals surface area contributed by atoms with Gasteiger partial charge in [0.15, 0.2) is 0 Å². The lowest BCUT2D eigenvalue weighted by Crippen LogP contribution is -2.58. The van der Waals surface area contributed by atoms with E-state index in [0.717, 1.165) is 31.2 Å². The lowest BCUT2D eigenvalue weighted by molar-refractivity contribution is 0.0563. The van der Waals surface area contributed by atoms with Gasteiger partial charge in [-0.3, -0.25) is 9.59 Å². The molecule has 2 aliphatic heterocycles. The van der Waals surface area contributed by atoms with Crippen molar-refractivity contribution in [3.05, 3.63) is 63.0 Å². The van der Waals surface area contributed by atoms with Gasteiger partial charge in [-0.05, 0) is 50.2 Å². The number of likely N-dealkylation sites (tertiary alicyclic amines) is 1. The first-order chi connectivity index (χ1) is 15.9. The molecule has 33 heavy (non-hydrogen) atoms. The summed E-state index contributed by atoms with van der Waals surface area (Å²) in [5.41, 5.74) is 2.10. The van der Waals surface area contributed by atoms with Crippen molar-refractivity contribution >= 4 is 27.5 Å². The molecule has 2 bridgehead atoms. The number of hydrogen-bond donors (Lipinski definition) is 1. The molecule has 7 heteroatoms. The van der Waals surface area contributed by atoms with Gasteiger partial charge in [-0.15, -0.1) is 11.3 Å². The van der Waals surface area contributed by atoms with Gasteiger partial charge in [-0.1, -0.05) is 37.3 Å². The molecule has 1 N–H and O–H groups in total. The van der Waals surface area contributed by atoms with E-state index in [1.54, 1.807) is 13.4 Å².